The largest absolute Gasteiger partial charge is 0.389 e. The van der Waals surface area contributed by atoms with Crippen molar-refractivity contribution in [2.24, 2.45) is 0 Å². The normalized spacial score (nSPS) is 14.7. The first-order chi connectivity index (χ1) is 5.04. The van der Waals surface area contributed by atoms with E-state index in [1.807, 2.05) is 13.8 Å². The van der Waals surface area contributed by atoms with Gasteiger partial charge in [-0.1, -0.05) is 11.6 Å². The van der Waals surface area contributed by atoms with E-state index in [4.69, 9.17) is 5.11 Å². The summed E-state index contributed by atoms with van der Waals surface area (Å²) in [4.78, 5) is 0. The van der Waals surface area contributed by atoms with Crippen LogP contribution in [0.5, 0.6) is 0 Å². The molecule has 0 saturated carbocycles. The van der Waals surface area contributed by atoms with Crippen molar-refractivity contribution < 1.29 is 5.11 Å². The van der Waals surface area contributed by atoms with Gasteiger partial charge < -0.3 is 5.11 Å². The van der Waals surface area contributed by atoms with Crippen molar-refractivity contribution in [1.29, 1.82) is 0 Å². The molecule has 64 valence electrons. The molecule has 1 atom stereocenters. The minimum Gasteiger partial charge on any atom is -0.389 e. The highest BCUT2D eigenvalue weighted by Crippen LogP contribution is 2.06. The quantitative estimate of drug-likeness (QED) is 0.617. The summed E-state index contributed by atoms with van der Waals surface area (Å²) < 4.78 is 0. The van der Waals surface area contributed by atoms with E-state index < -0.39 is 0 Å². The van der Waals surface area contributed by atoms with Gasteiger partial charge in [-0.05, 0) is 39.2 Å². The standard InChI is InChI=1S/C10H18O/c1-8(2)6-5-7-9(3)10(4)11/h7,10-11H,1,5-6H2,2-4H3/b9-7+. The van der Waals surface area contributed by atoms with Gasteiger partial charge in [0, 0.05) is 0 Å². The lowest BCUT2D eigenvalue weighted by atomic mass is 10.1. The maximum atomic E-state index is 9.10. The molecule has 0 aromatic carbocycles. The van der Waals surface area contributed by atoms with Crippen molar-refractivity contribution in [2.45, 2.75) is 39.7 Å². The fourth-order valence-electron chi connectivity index (χ4n) is 0.717. The van der Waals surface area contributed by atoms with Crippen LogP contribution in [-0.2, 0) is 0 Å². The second kappa shape index (κ2) is 5.14. The molecular weight excluding hydrogens is 136 g/mol. The van der Waals surface area contributed by atoms with Gasteiger partial charge >= 0.3 is 0 Å². The summed E-state index contributed by atoms with van der Waals surface area (Å²) in [5.74, 6) is 0. The summed E-state index contributed by atoms with van der Waals surface area (Å²) in [6, 6.07) is 0. The third-order valence-corrected chi connectivity index (χ3v) is 1.70. The molecule has 1 unspecified atom stereocenters. The average molecular weight is 154 g/mol. The molecule has 0 aliphatic carbocycles. The zero-order valence-electron chi connectivity index (χ0n) is 7.72. The Hall–Kier alpha value is -0.560. The monoisotopic (exact) mass is 154 g/mol. The van der Waals surface area contributed by atoms with Crippen LogP contribution in [0.4, 0.5) is 0 Å². The van der Waals surface area contributed by atoms with E-state index in [9.17, 15) is 0 Å². The van der Waals surface area contributed by atoms with E-state index in [0.717, 1.165) is 18.4 Å². The fraction of sp³-hybridized carbons (Fsp3) is 0.600. The number of rotatable bonds is 4. The van der Waals surface area contributed by atoms with E-state index in [1.54, 1.807) is 6.92 Å². The summed E-state index contributed by atoms with van der Waals surface area (Å²) in [6.07, 6.45) is 3.77. The molecule has 0 spiro atoms. The number of hydrogen-bond acceptors (Lipinski definition) is 1. The Morgan fingerprint density at radius 1 is 1.55 bits per heavy atom. The summed E-state index contributed by atoms with van der Waals surface area (Å²) in [7, 11) is 0. The van der Waals surface area contributed by atoms with Crippen LogP contribution in [0.15, 0.2) is 23.8 Å². The summed E-state index contributed by atoms with van der Waals surface area (Å²) >= 11 is 0. The second-order valence-electron chi connectivity index (χ2n) is 3.12. The lowest BCUT2D eigenvalue weighted by Gasteiger charge is -2.03. The summed E-state index contributed by atoms with van der Waals surface area (Å²) in [6.45, 7) is 9.56. The Morgan fingerprint density at radius 3 is 2.45 bits per heavy atom. The predicted octanol–water partition coefficient (Wildman–Crippen LogP) is 2.67. The van der Waals surface area contributed by atoms with Crippen molar-refractivity contribution in [3.8, 4) is 0 Å². The molecule has 0 saturated heterocycles. The van der Waals surface area contributed by atoms with E-state index >= 15 is 0 Å². The first-order valence-corrected chi connectivity index (χ1v) is 4.03. The highest BCUT2D eigenvalue weighted by molar-refractivity contribution is 5.04. The molecule has 1 N–H and O–H groups in total. The molecule has 1 heteroatoms. The van der Waals surface area contributed by atoms with Crippen molar-refractivity contribution in [1.82, 2.24) is 0 Å². The van der Waals surface area contributed by atoms with E-state index in [1.165, 1.54) is 5.57 Å². The summed E-state index contributed by atoms with van der Waals surface area (Å²) in [5, 5.41) is 9.10. The number of aliphatic hydroxyl groups is 1. The Balaban J connectivity index is 3.65. The van der Waals surface area contributed by atoms with Crippen molar-refractivity contribution in [2.75, 3.05) is 0 Å². The molecule has 11 heavy (non-hydrogen) atoms. The first kappa shape index (κ1) is 10.4. The van der Waals surface area contributed by atoms with Crippen LogP contribution in [0, 0.1) is 0 Å². The van der Waals surface area contributed by atoms with Crippen molar-refractivity contribution >= 4 is 0 Å². The van der Waals surface area contributed by atoms with Gasteiger partial charge in [-0.2, -0.15) is 0 Å². The zero-order chi connectivity index (χ0) is 8.85. The van der Waals surface area contributed by atoms with Gasteiger partial charge in [-0.25, -0.2) is 0 Å². The third kappa shape index (κ3) is 5.86. The molecule has 0 fully saturated rings. The van der Waals surface area contributed by atoms with Crippen molar-refractivity contribution in [3.05, 3.63) is 23.8 Å². The van der Waals surface area contributed by atoms with Gasteiger partial charge in [0.1, 0.15) is 0 Å². The van der Waals surface area contributed by atoms with Crippen LogP contribution in [0.25, 0.3) is 0 Å². The maximum Gasteiger partial charge on any atom is 0.0719 e. The molecular formula is C10H18O. The molecule has 0 aliphatic rings. The lowest BCUT2D eigenvalue weighted by molar-refractivity contribution is 0.231. The van der Waals surface area contributed by atoms with Crippen LogP contribution in [-0.4, -0.2) is 11.2 Å². The minimum absolute atomic E-state index is 0.305. The predicted molar refractivity (Wildman–Crippen MR) is 49.5 cm³/mol. The number of aliphatic hydroxyl groups excluding tert-OH is 1. The lowest BCUT2D eigenvalue weighted by Crippen LogP contribution is -2.00. The Kier molecular flexibility index (Phi) is 4.88. The van der Waals surface area contributed by atoms with Crippen molar-refractivity contribution in [3.63, 3.8) is 0 Å². The van der Waals surface area contributed by atoms with Crippen LogP contribution >= 0.6 is 0 Å². The van der Waals surface area contributed by atoms with Gasteiger partial charge in [-0.15, -0.1) is 6.58 Å². The zero-order valence-corrected chi connectivity index (χ0v) is 7.72. The Morgan fingerprint density at radius 2 is 2.09 bits per heavy atom. The number of hydrogen-bond donors (Lipinski definition) is 1. The van der Waals surface area contributed by atoms with Gasteiger partial charge in [0.2, 0.25) is 0 Å². The topological polar surface area (TPSA) is 20.2 Å². The molecule has 0 amide bonds. The SMILES string of the molecule is C=C(C)CC/C=C(\C)C(C)O. The third-order valence-electron chi connectivity index (χ3n) is 1.70. The van der Waals surface area contributed by atoms with E-state index in [0.29, 0.717) is 0 Å². The van der Waals surface area contributed by atoms with Crippen LogP contribution in [0.1, 0.15) is 33.6 Å². The Labute approximate surface area is 69.4 Å². The van der Waals surface area contributed by atoms with Crippen LogP contribution in [0.3, 0.4) is 0 Å². The molecule has 0 radical (unpaired) electrons. The average Bonchev–Trinajstić information content (AvgIpc) is 1.86. The first-order valence-electron chi connectivity index (χ1n) is 4.03. The molecule has 0 bridgehead atoms. The van der Waals surface area contributed by atoms with Gasteiger partial charge in [-0.3, -0.25) is 0 Å². The van der Waals surface area contributed by atoms with Crippen LogP contribution < -0.4 is 0 Å². The molecule has 1 nitrogen and oxygen atoms in total. The van der Waals surface area contributed by atoms with Crippen LogP contribution in [0.2, 0.25) is 0 Å². The summed E-state index contributed by atoms with van der Waals surface area (Å²) in [5.41, 5.74) is 2.24. The highest BCUT2D eigenvalue weighted by Gasteiger charge is 1.95. The minimum atomic E-state index is -0.305. The molecule has 0 aromatic rings. The molecule has 0 heterocycles. The van der Waals surface area contributed by atoms with Gasteiger partial charge in [0.25, 0.3) is 0 Å². The van der Waals surface area contributed by atoms with Gasteiger partial charge in [0.05, 0.1) is 6.10 Å². The highest BCUT2D eigenvalue weighted by atomic mass is 16.3. The van der Waals surface area contributed by atoms with Gasteiger partial charge in [0.15, 0.2) is 0 Å². The molecule has 0 aliphatic heterocycles. The molecule has 0 rings (SSSR count). The smallest absolute Gasteiger partial charge is 0.0719 e. The molecule has 0 aromatic heterocycles. The maximum absolute atomic E-state index is 9.10. The second-order valence-corrected chi connectivity index (χ2v) is 3.12. The Bertz CT molecular complexity index is 154. The number of allylic oxidation sites excluding steroid dienone is 2. The van der Waals surface area contributed by atoms with E-state index in [2.05, 4.69) is 12.7 Å². The fourth-order valence-corrected chi connectivity index (χ4v) is 0.717. The van der Waals surface area contributed by atoms with E-state index in [-0.39, 0.29) is 6.10 Å².